The van der Waals surface area contributed by atoms with Crippen LogP contribution in [0, 0.1) is 5.92 Å². The van der Waals surface area contributed by atoms with E-state index in [0.717, 1.165) is 24.8 Å². The molecule has 1 saturated carbocycles. The van der Waals surface area contributed by atoms with E-state index in [1.807, 2.05) is 20.8 Å². The van der Waals surface area contributed by atoms with Crippen LogP contribution in [0.25, 0.3) is 0 Å². The molecule has 0 spiro atoms. The minimum absolute atomic E-state index is 0.166. The van der Waals surface area contributed by atoms with Crippen LogP contribution >= 0.6 is 0 Å². The van der Waals surface area contributed by atoms with Gasteiger partial charge in [-0.1, -0.05) is 45.7 Å². The second-order valence-corrected chi connectivity index (χ2v) is 9.30. The maximum atomic E-state index is 12.6. The van der Waals surface area contributed by atoms with Crippen LogP contribution in [0.1, 0.15) is 65.0 Å². The van der Waals surface area contributed by atoms with Gasteiger partial charge in [0.25, 0.3) is 0 Å². The molecule has 152 valence electrons. The Morgan fingerprint density at radius 2 is 1.74 bits per heavy atom. The number of rotatable bonds is 7. The zero-order valence-electron chi connectivity index (χ0n) is 16.9. The summed E-state index contributed by atoms with van der Waals surface area (Å²) in [6.45, 7) is 8.62. The summed E-state index contributed by atoms with van der Waals surface area (Å²) in [4.78, 5) is 12.6. The molecule has 7 heteroatoms. The van der Waals surface area contributed by atoms with E-state index >= 15 is 0 Å². The van der Waals surface area contributed by atoms with Crippen molar-refractivity contribution in [1.82, 2.24) is 14.9 Å². The van der Waals surface area contributed by atoms with E-state index in [2.05, 4.69) is 17.6 Å². The molecule has 2 N–H and O–H groups in total. The molecule has 0 aromatic heterocycles. The van der Waals surface area contributed by atoms with E-state index in [1.165, 1.54) is 10.7 Å². The third-order valence-corrected chi connectivity index (χ3v) is 7.56. The summed E-state index contributed by atoms with van der Waals surface area (Å²) in [6.07, 6.45) is 4.58. The molecular weight excluding hydrogens is 362 g/mol. The molecule has 0 saturated heterocycles. The second-order valence-electron chi connectivity index (χ2n) is 7.37. The van der Waals surface area contributed by atoms with E-state index in [1.54, 1.807) is 24.3 Å². The van der Waals surface area contributed by atoms with E-state index < -0.39 is 10.0 Å². The van der Waals surface area contributed by atoms with Crippen LogP contribution in [0.4, 0.5) is 4.79 Å². The normalized spacial score (nSPS) is 21.7. The summed E-state index contributed by atoms with van der Waals surface area (Å²) in [5.41, 5.74) is 0.875. The van der Waals surface area contributed by atoms with Crippen LogP contribution < -0.4 is 10.6 Å². The van der Waals surface area contributed by atoms with Crippen LogP contribution in [0.3, 0.4) is 0 Å². The number of carbonyl (C=O) groups is 1. The highest BCUT2D eigenvalue weighted by atomic mass is 32.2. The van der Waals surface area contributed by atoms with Crippen molar-refractivity contribution < 1.29 is 13.2 Å². The first-order valence-corrected chi connectivity index (χ1v) is 11.4. The fraction of sp³-hybridized carbons (Fsp3) is 0.650. The van der Waals surface area contributed by atoms with Gasteiger partial charge in [0.05, 0.1) is 10.9 Å². The minimum Gasteiger partial charge on any atom is -0.335 e. The fourth-order valence-electron chi connectivity index (χ4n) is 3.66. The monoisotopic (exact) mass is 395 g/mol. The van der Waals surface area contributed by atoms with E-state index in [0.29, 0.717) is 19.0 Å². The molecule has 0 bridgehead atoms. The first-order valence-electron chi connectivity index (χ1n) is 9.96. The number of benzene rings is 1. The molecule has 3 atom stereocenters. The Balaban J connectivity index is 1.98. The Bertz CT molecular complexity index is 714. The molecule has 1 fully saturated rings. The number of nitrogens with one attached hydrogen (secondary N) is 2. The lowest BCUT2D eigenvalue weighted by Gasteiger charge is -2.30. The number of sulfonamides is 1. The van der Waals surface area contributed by atoms with Crippen molar-refractivity contribution in [2.45, 2.75) is 70.4 Å². The van der Waals surface area contributed by atoms with Gasteiger partial charge < -0.3 is 10.6 Å². The molecule has 27 heavy (non-hydrogen) atoms. The SMILES string of the molecule is CCN(CC)S(=O)(=O)c1ccc([C@H](C)NC(=O)N[C@@H]2CCCC[C@@H]2C)cc1. The van der Waals surface area contributed by atoms with Gasteiger partial charge in [-0.05, 0) is 43.4 Å². The molecule has 1 aliphatic carbocycles. The summed E-state index contributed by atoms with van der Waals surface area (Å²) in [5, 5.41) is 6.04. The average molecular weight is 396 g/mol. The quantitative estimate of drug-likeness (QED) is 0.739. The van der Waals surface area contributed by atoms with Gasteiger partial charge in [0.15, 0.2) is 0 Å². The van der Waals surface area contributed by atoms with Gasteiger partial charge in [0.1, 0.15) is 0 Å². The number of hydrogen-bond donors (Lipinski definition) is 2. The van der Waals surface area contributed by atoms with Crippen molar-refractivity contribution in [3.8, 4) is 0 Å². The predicted octanol–water partition coefficient (Wildman–Crippen LogP) is 3.66. The summed E-state index contributed by atoms with van der Waals surface area (Å²) in [7, 11) is -3.46. The van der Waals surface area contributed by atoms with Crippen molar-refractivity contribution in [2.75, 3.05) is 13.1 Å². The minimum atomic E-state index is -3.46. The number of urea groups is 1. The molecular formula is C20H33N3O3S. The topological polar surface area (TPSA) is 78.5 Å². The highest BCUT2D eigenvalue weighted by Gasteiger charge is 2.24. The zero-order chi connectivity index (χ0) is 20.0. The molecule has 1 aliphatic rings. The van der Waals surface area contributed by atoms with Gasteiger partial charge in [-0.2, -0.15) is 4.31 Å². The molecule has 6 nitrogen and oxygen atoms in total. The number of amides is 2. The molecule has 2 amide bonds. The zero-order valence-corrected chi connectivity index (χ0v) is 17.7. The van der Waals surface area contributed by atoms with E-state index in [9.17, 15) is 13.2 Å². The molecule has 2 rings (SSSR count). The Morgan fingerprint density at radius 1 is 1.15 bits per heavy atom. The second kappa shape index (κ2) is 9.55. The van der Waals surface area contributed by atoms with Gasteiger partial charge in [0, 0.05) is 19.1 Å². The third-order valence-electron chi connectivity index (χ3n) is 5.50. The van der Waals surface area contributed by atoms with Gasteiger partial charge in [-0.15, -0.1) is 0 Å². The standard InChI is InChI=1S/C20H33N3O3S/c1-5-23(6-2)27(25,26)18-13-11-17(12-14-18)16(4)21-20(24)22-19-10-8-7-9-15(19)3/h11-16,19H,5-10H2,1-4H3,(H2,21,22,24)/t15-,16-,19+/m0/s1. The van der Waals surface area contributed by atoms with Crippen LogP contribution in [0.2, 0.25) is 0 Å². The Morgan fingerprint density at radius 3 is 2.30 bits per heavy atom. The Kier molecular flexibility index (Phi) is 7.68. The third kappa shape index (κ3) is 5.45. The van der Waals surface area contributed by atoms with Crippen LogP contribution in [-0.4, -0.2) is 37.9 Å². The average Bonchev–Trinajstić information content (AvgIpc) is 2.64. The highest BCUT2D eigenvalue weighted by Crippen LogP contribution is 2.24. The van der Waals surface area contributed by atoms with Crippen molar-refractivity contribution in [3.05, 3.63) is 29.8 Å². The number of carbonyl (C=O) groups excluding carboxylic acids is 1. The fourth-order valence-corrected chi connectivity index (χ4v) is 5.12. The summed E-state index contributed by atoms with van der Waals surface area (Å²) < 4.78 is 26.5. The molecule has 0 unspecified atom stereocenters. The summed E-state index contributed by atoms with van der Waals surface area (Å²) >= 11 is 0. The highest BCUT2D eigenvalue weighted by molar-refractivity contribution is 7.89. The first-order chi connectivity index (χ1) is 12.8. The molecule has 0 heterocycles. The van der Waals surface area contributed by atoms with Gasteiger partial charge in [-0.3, -0.25) is 0 Å². The number of hydrogen-bond acceptors (Lipinski definition) is 3. The molecule has 0 radical (unpaired) electrons. The van der Waals surface area contributed by atoms with Crippen molar-refractivity contribution in [3.63, 3.8) is 0 Å². The van der Waals surface area contributed by atoms with Crippen molar-refractivity contribution >= 4 is 16.1 Å². The maximum Gasteiger partial charge on any atom is 0.315 e. The van der Waals surface area contributed by atoms with E-state index in [-0.39, 0.29) is 23.0 Å². The Hall–Kier alpha value is -1.60. The van der Waals surface area contributed by atoms with Gasteiger partial charge in [-0.25, -0.2) is 13.2 Å². The largest absolute Gasteiger partial charge is 0.335 e. The first kappa shape index (κ1) is 21.7. The van der Waals surface area contributed by atoms with Crippen LogP contribution in [0.15, 0.2) is 29.2 Å². The lowest BCUT2D eigenvalue weighted by atomic mass is 9.86. The maximum absolute atomic E-state index is 12.6. The number of nitrogens with zero attached hydrogens (tertiary/aromatic N) is 1. The molecule has 0 aliphatic heterocycles. The molecule has 1 aromatic rings. The lowest BCUT2D eigenvalue weighted by Crippen LogP contribution is -2.46. The van der Waals surface area contributed by atoms with Gasteiger partial charge >= 0.3 is 6.03 Å². The van der Waals surface area contributed by atoms with E-state index in [4.69, 9.17) is 0 Å². The smallest absolute Gasteiger partial charge is 0.315 e. The molecule has 1 aromatic carbocycles. The predicted molar refractivity (Wildman–Crippen MR) is 108 cm³/mol. The summed E-state index contributed by atoms with van der Waals surface area (Å²) in [5.74, 6) is 0.504. The summed E-state index contributed by atoms with van der Waals surface area (Å²) in [6, 6.07) is 6.63. The van der Waals surface area contributed by atoms with Crippen LogP contribution in [0.5, 0.6) is 0 Å². The van der Waals surface area contributed by atoms with Crippen molar-refractivity contribution in [1.29, 1.82) is 0 Å². The Labute approximate surface area is 163 Å². The van der Waals surface area contributed by atoms with Crippen LogP contribution in [-0.2, 0) is 10.0 Å². The van der Waals surface area contributed by atoms with Gasteiger partial charge in [0.2, 0.25) is 10.0 Å². The lowest BCUT2D eigenvalue weighted by molar-refractivity contribution is 0.219. The van der Waals surface area contributed by atoms with Crippen molar-refractivity contribution in [2.24, 2.45) is 5.92 Å².